The van der Waals surface area contributed by atoms with E-state index in [1.165, 1.54) is 0 Å². The van der Waals surface area contributed by atoms with Gasteiger partial charge in [-0.1, -0.05) is 5.16 Å². The highest BCUT2D eigenvalue weighted by Crippen LogP contribution is 2.38. The first-order valence-electron chi connectivity index (χ1n) is 6.56. The van der Waals surface area contributed by atoms with Gasteiger partial charge in [0.05, 0.1) is 0 Å². The molecule has 3 heterocycles. The molecular weight excluding hydrogens is 256 g/mol. The Labute approximate surface area is 114 Å². The summed E-state index contributed by atoms with van der Waals surface area (Å²) in [5, 5.41) is 4.83. The fraction of sp³-hybridized carbons (Fsp3) is 0.286. The number of fused-ring (bicyclic) bond motifs is 1. The molecule has 1 aliphatic rings. The van der Waals surface area contributed by atoms with Crippen molar-refractivity contribution < 1.29 is 9.32 Å². The van der Waals surface area contributed by atoms with Gasteiger partial charge in [-0.2, -0.15) is 4.98 Å². The maximum Gasteiger partial charge on any atom is 0.246 e. The summed E-state index contributed by atoms with van der Waals surface area (Å²) in [5.41, 5.74) is 1.37. The summed E-state index contributed by atoms with van der Waals surface area (Å²) >= 11 is 0. The lowest BCUT2D eigenvalue weighted by atomic mass is 10.2. The highest BCUT2D eigenvalue weighted by atomic mass is 16.5. The molecule has 6 nitrogen and oxygen atoms in total. The fourth-order valence-corrected chi connectivity index (χ4v) is 2.35. The normalized spacial score (nSPS) is 14.8. The summed E-state index contributed by atoms with van der Waals surface area (Å²) in [6.45, 7) is 0.432. The molecule has 3 aromatic heterocycles. The predicted molar refractivity (Wildman–Crippen MR) is 70.5 cm³/mol. The lowest BCUT2D eigenvalue weighted by molar-refractivity contribution is 0.112. The highest BCUT2D eigenvalue weighted by molar-refractivity contribution is 5.95. The van der Waals surface area contributed by atoms with Crippen molar-refractivity contribution in [3.63, 3.8) is 0 Å². The molecule has 1 saturated carbocycles. The third-order valence-corrected chi connectivity index (χ3v) is 3.52. The average molecular weight is 268 g/mol. The molecule has 0 aliphatic heterocycles. The molecule has 3 aromatic rings. The fourth-order valence-electron chi connectivity index (χ4n) is 2.35. The van der Waals surface area contributed by atoms with Crippen molar-refractivity contribution in [2.75, 3.05) is 0 Å². The Morgan fingerprint density at radius 3 is 3.15 bits per heavy atom. The van der Waals surface area contributed by atoms with Gasteiger partial charge in [0, 0.05) is 29.3 Å². The van der Waals surface area contributed by atoms with Crippen LogP contribution < -0.4 is 0 Å². The average Bonchev–Trinajstić information content (AvgIpc) is 3.13. The zero-order valence-electron chi connectivity index (χ0n) is 10.7. The van der Waals surface area contributed by atoms with E-state index in [-0.39, 0.29) is 0 Å². The molecule has 0 aromatic carbocycles. The van der Waals surface area contributed by atoms with E-state index < -0.39 is 0 Å². The molecule has 4 rings (SSSR count). The number of hydrogen-bond acceptors (Lipinski definition) is 5. The first-order valence-corrected chi connectivity index (χ1v) is 6.56. The van der Waals surface area contributed by atoms with Crippen LogP contribution in [0.2, 0.25) is 0 Å². The molecule has 0 N–H and O–H groups in total. The molecule has 1 aliphatic carbocycles. The molecule has 0 unspecified atom stereocenters. The van der Waals surface area contributed by atoms with Crippen molar-refractivity contribution in [2.24, 2.45) is 0 Å². The number of carbonyl (C=O) groups is 1. The van der Waals surface area contributed by atoms with Crippen molar-refractivity contribution in [1.82, 2.24) is 19.7 Å². The van der Waals surface area contributed by atoms with Crippen LogP contribution in [0.15, 0.2) is 29.0 Å². The van der Waals surface area contributed by atoms with E-state index in [0.717, 1.165) is 36.0 Å². The third-order valence-electron chi connectivity index (χ3n) is 3.52. The molecule has 100 valence electrons. The van der Waals surface area contributed by atoms with Crippen LogP contribution in [0.3, 0.4) is 0 Å². The second-order valence-corrected chi connectivity index (χ2v) is 5.03. The Balaban J connectivity index is 1.72. The van der Waals surface area contributed by atoms with Crippen molar-refractivity contribution in [3.8, 4) is 0 Å². The molecule has 1 fully saturated rings. The zero-order chi connectivity index (χ0) is 13.5. The molecule has 6 heteroatoms. The van der Waals surface area contributed by atoms with Crippen LogP contribution in [0.1, 0.15) is 40.8 Å². The minimum absolute atomic E-state index is 0.432. The van der Waals surface area contributed by atoms with Crippen LogP contribution in [0, 0.1) is 0 Å². The maximum absolute atomic E-state index is 11.1. The Morgan fingerprint density at radius 1 is 1.45 bits per heavy atom. The van der Waals surface area contributed by atoms with Crippen molar-refractivity contribution >= 4 is 17.3 Å². The minimum atomic E-state index is 0.432. The predicted octanol–water partition coefficient (Wildman–Crippen LogP) is 2.16. The van der Waals surface area contributed by atoms with Gasteiger partial charge in [0.2, 0.25) is 5.89 Å². The summed E-state index contributed by atoms with van der Waals surface area (Å²) in [6.07, 6.45) is 6.59. The van der Waals surface area contributed by atoms with Gasteiger partial charge in [0.1, 0.15) is 12.2 Å². The number of rotatable bonds is 4. The van der Waals surface area contributed by atoms with E-state index >= 15 is 0 Å². The van der Waals surface area contributed by atoms with E-state index in [1.54, 1.807) is 12.4 Å². The van der Waals surface area contributed by atoms with E-state index in [9.17, 15) is 4.79 Å². The number of carbonyl (C=O) groups excluding carboxylic acids is 1. The summed E-state index contributed by atoms with van der Waals surface area (Å²) in [4.78, 5) is 19.8. The van der Waals surface area contributed by atoms with Crippen molar-refractivity contribution in [1.29, 1.82) is 0 Å². The number of aromatic nitrogens is 4. The lowest BCUT2D eigenvalue weighted by Crippen LogP contribution is -1.99. The Kier molecular flexibility index (Phi) is 2.42. The molecule has 20 heavy (non-hydrogen) atoms. The van der Waals surface area contributed by atoms with Crippen molar-refractivity contribution in [3.05, 3.63) is 41.8 Å². The molecular formula is C14H12N4O2. The van der Waals surface area contributed by atoms with Gasteiger partial charge in [-0.25, -0.2) is 4.98 Å². The number of aldehydes is 1. The van der Waals surface area contributed by atoms with Gasteiger partial charge < -0.3 is 9.09 Å². The van der Waals surface area contributed by atoms with E-state index in [1.807, 2.05) is 16.7 Å². The first kappa shape index (κ1) is 11.3. The standard InChI is InChI=1S/C14H12N4O2/c19-8-10-6-18(14-11(10)2-1-5-15-14)7-12-16-13(17-20-12)9-3-4-9/h1-2,5-6,8-9H,3-4,7H2. The summed E-state index contributed by atoms with van der Waals surface area (Å²) in [6, 6.07) is 3.70. The van der Waals surface area contributed by atoms with Crippen LogP contribution in [0.25, 0.3) is 11.0 Å². The van der Waals surface area contributed by atoms with E-state index in [4.69, 9.17) is 4.52 Å². The van der Waals surface area contributed by atoms with Crippen LogP contribution >= 0.6 is 0 Å². The van der Waals surface area contributed by atoms with Crippen molar-refractivity contribution in [2.45, 2.75) is 25.3 Å². The SMILES string of the molecule is O=Cc1cn(Cc2nc(C3CC3)no2)c2ncccc12. The highest BCUT2D eigenvalue weighted by Gasteiger charge is 2.28. The number of hydrogen-bond donors (Lipinski definition) is 0. The second-order valence-electron chi connectivity index (χ2n) is 5.03. The Hall–Kier alpha value is -2.50. The van der Waals surface area contributed by atoms with Gasteiger partial charge in [-0.3, -0.25) is 4.79 Å². The number of nitrogens with zero attached hydrogens (tertiary/aromatic N) is 4. The molecule has 0 spiro atoms. The van der Waals surface area contributed by atoms with E-state index in [0.29, 0.717) is 23.9 Å². The molecule has 0 amide bonds. The molecule has 0 atom stereocenters. The summed E-state index contributed by atoms with van der Waals surface area (Å²) in [7, 11) is 0. The van der Waals surface area contributed by atoms with Gasteiger partial charge in [0.15, 0.2) is 12.1 Å². The maximum atomic E-state index is 11.1. The largest absolute Gasteiger partial charge is 0.337 e. The molecule has 0 bridgehead atoms. The monoisotopic (exact) mass is 268 g/mol. The van der Waals surface area contributed by atoms with Crippen LogP contribution in [-0.2, 0) is 6.54 Å². The van der Waals surface area contributed by atoms with Gasteiger partial charge >= 0.3 is 0 Å². The number of pyridine rings is 1. The lowest BCUT2D eigenvalue weighted by Gasteiger charge is -1.99. The zero-order valence-corrected chi connectivity index (χ0v) is 10.7. The van der Waals surface area contributed by atoms with Gasteiger partial charge in [-0.15, -0.1) is 0 Å². The van der Waals surface area contributed by atoms with Crippen LogP contribution in [0.4, 0.5) is 0 Å². The van der Waals surface area contributed by atoms with Gasteiger partial charge in [0.25, 0.3) is 0 Å². The topological polar surface area (TPSA) is 73.8 Å². The smallest absolute Gasteiger partial charge is 0.246 e. The summed E-state index contributed by atoms with van der Waals surface area (Å²) < 4.78 is 7.13. The first-order chi connectivity index (χ1) is 9.85. The third kappa shape index (κ3) is 1.80. The van der Waals surface area contributed by atoms with Crippen LogP contribution in [-0.4, -0.2) is 26.0 Å². The molecule has 0 saturated heterocycles. The Bertz CT molecular complexity index is 785. The van der Waals surface area contributed by atoms with E-state index in [2.05, 4.69) is 15.1 Å². The van der Waals surface area contributed by atoms with Gasteiger partial charge in [-0.05, 0) is 25.0 Å². The second kappa shape index (κ2) is 4.26. The Morgan fingerprint density at radius 2 is 2.35 bits per heavy atom. The minimum Gasteiger partial charge on any atom is -0.337 e. The quantitative estimate of drug-likeness (QED) is 0.678. The molecule has 0 radical (unpaired) electrons. The summed E-state index contributed by atoms with van der Waals surface area (Å²) in [5.74, 6) is 1.81. The van der Waals surface area contributed by atoms with Crippen LogP contribution in [0.5, 0.6) is 0 Å².